The van der Waals surface area contributed by atoms with E-state index >= 15 is 0 Å². The summed E-state index contributed by atoms with van der Waals surface area (Å²) >= 11 is 0. The summed E-state index contributed by atoms with van der Waals surface area (Å²) in [6, 6.07) is 0. The molecular weight excluding hydrogens is 196 g/mol. The summed E-state index contributed by atoms with van der Waals surface area (Å²) in [6.45, 7) is 7.43. The van der Waals surface area contributed by atoms with Crippen LogP contribution >= 0.6 is 0 Å². The Bertz CT molecular complexity index is 177. The summed E-state index contributed by atoms with van der Waals surface area (Å²) < 4.78 is 0. The van der Waals surface area contributed by atoms with E-state index in [0.29, 0.717) is 19.6 Å². The Kier molecular flexibility index (Phi) is 6.22. The monoisotopic (exact) mass is 220 g/mol. The Balaban J connectivity index is 4.58. The molecule has 0 radical (unpaired) electrons. The van der Waals surface area contributed by atoms with Crippen LogP contribution in [0.4, 0.5) is 0 Å². The molecule has 0 aromatic rings. The first kappa shape index (κ1) is 14.7. The molecule has 0 saturated heterocycles. The molecule has 7 nitrogen and oxygen atoms in total. The Morgan fingerprint density at radius 2 is 1.47 bits per heavy atom. The van der Waals surface area contributed by atoms with Gasteiger partial charge in [0.2, 0.25) is 5.85 Å². The van der Waals surface area contributed by atoms with Gasteiger partial charge < -0.3 is 0 Å². The van der Waals surface area contributed by atoms with Crippen molar-refractivity contribution in [2.24, 2.45) is 17.2 Å². The van der Waals surface area contributed by atoms with Gasteiger partial charge >= 0.3 is 0 Å². The van der Waals surface area contributed by atoms with Gasteiger partial charge in [0.1, 0.15) is 0 Å². The molecule has 0 amide bonds. The zero-order valence-electron chi connectivity index (χ0n) is 9.76. The van der Waals surface area contributed by atoms with Gasteiger partial charge in [-0.1, -0.05) is 20.8 Å². The summed E-state index contributed by atoms with van der Waals surface area (Å²) in [5.74, 6) is -2.73. The molecule has 7 heteroatoms. The second-order valence-electron chi connectivity index (χ2n) is 3.27. The van der Waals surface area contributed by atoms with E-state index in [1.807, 2.05) is 20.8 Å². The van der Waals surface area contributed by atoms with Crippen molar-refractivity contribution in [2.45, 2.75) is 32.4 Å². The maximum Gasteiger partial charge on any atom is 0.236 e. The Morgan fingerprint density at radius 3 is 1.87 bits per heavy atom. The molecule has 0 bridgehead atoms. The molecule has 0 spiro atoms. The second-order valence-corrected chi connectivity index (χ2v) is 3.27. The van der Waals surface area contributed by atoms with E-state index in [-0.39, 0.29) is 0 Å². The third kappa shape index (κ3) is 3.99. The van der Waals surface area contributed by atoms with Crippen LogP contribution < -0.4 is 33.3 Å². The largest absolute Gasteiger partial charge is 0.296 e. The quantitative estimate of drug-likeness (QED) is 0.205. The highest BCUT2D eigenvalue weighted by atomic mass is 16.7. The van der Waals surface area contributed by atoms with Gasteiger partial charge in [-0.05, 0) is 13.1 Å². The normalized spacial score (nSPS) is 16.4. The standard InChI is InChI=1S/C8H24N6O/c1-4-12-7(9,10)8(11,13-5-2)15-14-6-3/h12-14H,4-6,9-11H2,1-3H3. The molecule has 0 aliphatic carbocycles. The van der Waals surface area contributed by atoms with E-state index in [1.165, 1.54) is 0 Å². The van der Waals surface area contributed by atoms with Gasteiger partial charge in [-0.3, -0.25) is 32.7 Å². The predicted molar refractivity (Wildman–Crippen MR) is 60.1 cm³/mol. The number of hydrogen-bond acceptors (Lipinski definition) is 7. The van der Waals surface area contributed by atoms with E-state index < -0.39 is 11.6 Å². The van der Waals surface area contributed by atoms with Crippen molar-refractivity contribution in [3.63, 3.8) is 0 Å². The summed E-state index contributed by atoms with van der Waals surface area (Å²) in [5, 5.41) is 5.76. The molecule has 0 aromatic heterocycles. The van der Waals surface area contributed by atoms with Crippen LogP contribution in [0.25, 0.3) is 0 Å². The highest BCUT2D eigenvalue weighted by molar-refractivity contribution is 4.92. The topological polar surface area (TPSA) is 123 Å². The Morgan fingerprint density at radius 1 is 0.933 bits per heavy atom. The predicted octanol–water partition coefficient (Wildman–Crippen LogP) is -2.07. The van der Waals surface area contributed by atoms with Crippen molar-refractivity contribution >= 4 is 0 Å². The molecule has 0 aliphatic heterocycles. The molecule has 0 saturated carbocycles. The van der Waals surface area contributed by atoms with Gasteiger partial charge in [0.05, 0.1) is 0 Å². The fourth-order valence-electron chi connectivity index (χ4n) is 1.14. The van der Waals surface area contributed by atoms with E-state index in [9.17, 15) is 0 Å². The number of nitrogens with one attached hydrogen (secondary N) is 3. The minimum absolute atomic E-state index is 0.587. The van der Waals surface area contributed by atoms with Crippen LogP contribution in [-0.4, -0.2) is 31.3 Å². The van der Waals surface area contributed by atoms with E-state index in [2.05, 4.69) is 16.1 Å². The van der Waals surface area contributed by atoms with Crippen LogP contribution in [0.2, 0.25) is 0 Å². The lowest BCUT2D eigenvalue weighted by Gasteiger charge is -2.42. The van der Waals surface area contributed by atoms with Gasteiger partial charge in [0, 0.05) is 6.54 Å². The first-order chi connectivity index (χ1) is 6.93. The fraction of sp³-hybridized carbons (Fsp3) is 1.00. The van der Waals surface area contributed by atoms with E-state index in [0.717, 1.165) is 0 Å². The van der Waals surface area contributed by atoms with Crippen molar-refractivity contribution < 1.29 is 4.84 Å². The lowest BCUT2D eigenvalue weighted by Crippen LogP contribution is -2.84. The average molecular weight is 220 g/mol. The number of hydrogen-bond donors (Lipinski definition) is 6. The van der Waals surface area contributed by atoms with Gasteiger partial charge in [-0.25, -0.2) is 0 Å². The molecule has 15 heavy (non-hydrogen) atoms. The summed E-state index contributed by atoms with van der Waals surface area (Å²) in [4.78, 5) is 5.24. The molecule has 1 unspecified atom stereocenters. The fourth-order valence-corrected chi connectivity index (χ4v) is 1.14. The van der Waals surface area contributed by atoms with Gasteiger partial charge in [0.15, 0.2) is 5.79 Å². The average Bonchev–Trinajstić information content (AvgIpc) is 2.15. The highest BCUT2D eigenvalue weighted by Gasteiger charge is 2.44. The number of nitrogens with two attached hydrogens (primary N) is 3. The van der Waals surface area contributed by atoms with E-state index in [1.54, 1.807) is 0 Å². The maximum atomic E-state index is 5.95. The zero-order valence-corrected chi connectivity index (χ0v) is 9.76. The molecule has 0 rings (SSSR count). The van der Waals surface area contributed by atoms with Crippen LogP contribution in [0.3, 0.4) is 0 Å². The van der Waals surface area contributed by atoms with Crippen molar-refractivity contribution in [3.05, 3.63) is 0 Å². The Hall–Kier alpha value is -0.280. The minimum Gasteiger partial charge on any atom is -0.296 e. The number of likely N-dealkylation sites (N-methyl/N-ethyl adjacent to an activating group) is 2. The summed E-state index contributed by atoms with van der Waals surface area (Å²) in [7, 11) is 0. The van der Waals surface area contributed by atoms with Crippen LogP contribution in [0.1, 0.15) is 20.8 Å². The summed E-state index contributed by atoms with van der Waals surface area (Å²) in [5.41, 5.74) is 20.3. The van der Waals surface area contributed by atoms with Gasteiger partial charge in [0.25, 0.3) is 0 Å². The number of rotatable bonds is 8. The Labute approximate surface area is 91.0 Å². The van der Waals surface area contributed by atoms with Gasteiger partial charge in [-0.2, -0.15) is 5.48 Å². The van der Waals surface area contributed by atoms with E-state index in [4.69, 9.17) is 22.0 Å². The van der Waals surface area contributed by atoms with Gasteiger partial charge in [-0.15, -0.1) is 0 Å². The second kappa shape index (κ2) is 6.33. The first-order valence-electron chi connectivity index (χ1n) is 5.21. The molecule has 92 valence electrons. The van der Waals surface area contributed by atoms with Crippen molar-refractivity contribution in [2.75, 3.05) is 19.6 Å². The first-order valence-corrected chi connectivity index (χ1v) is 5.21. The van der Waals surface area contributed by atoms with Crippen LogP contribution in [0.5, 0.6) is 0 Å². The zero-order chi connectivity index (χ0) is 11.9. The van der Waals surface area contributed by atoms with Crippen molar-refractivity contribution in [1.82, 2.24) is 16.1 Å². The third-order valence-electron chi connectivity index (χ3n) is 1.90. The summed E-state index contributed by atoms with van der Waals surface area (Å²) in [6.07, 6.45) is 0. The highest BCUT2D eigenvalue weighted by Crippen LogP contribution is 2.06. The maximum absolute atomic E-state index is 5.95. The van der Waals surface area contributed by atoms with Crippen LogP contribution in [0.15, 0.2) is 0 Å². The lowest BCUT2D eigenvalue weighted by molar-refractivity contribution is -0.171. The number of hydroxylamine groups is 1. The lowest BCUT2D eigenvalue weighted by atomic mass is 10.2. The smallest absolute Gasteiger partial charge is 0.236 e. The molecule has 0 aliphatic rings. The van der Waals surface area contributed by atoms with Crippen molar-refractivity contribution in [3.8, 4) is 0 Å². The SMILES string of the molecule is CCNOC(N)(NCC)C(N)(N)NCC. The molecule has 0 heterocycles. The molecular formula is C8H24N6O. The van der Waals surface area contributed by atoms with Crippen molar-refractivity contribution in [1.29, 1.82) is 0 Å². The molecule has 9 N–H and O–H groups in total. The van der Waals surface area contributed by atoms with Crippen LogP contribution in [-0.2, 0) is 4.84 Å². The molecule has 1 atom stereocenters. The minimum atomic E-state index is -1.37. The molecule has 0 fully saturated rings. The molecule has 0 aromatic carbocycles. The van der Waals surface area contributed by atoms with Crippen LogP contribution in [0, 0.1) is 0 Å². The third-order valence-corrected chi connectivity index (χ3v) is 1.90.